The molecule has 1 amide bonds. The second-order valence-electron chi connectivity index (χ2n) is 6.86. The lowest BCUT2D eigenvalue weighted by molar-refractivity contribution is -0.117. The molecule has 0 bridgehead atoms. The maximum atomic E-state index is 12.5. The van der Waals surface area contributed by atoms with Gasteiger partial charge < -0.3 is 10.1 Å². The number of carbonyl (C=O) groups excluding carboxylic acids is 1. The molecule has 2 rings (SSSR count). The molecule has 4 nitrogen and oxygen atoms in total. The summed E-state index contributed by atoms with van der Waals surface area (Å²) in [6, 6.07) is 16.0. The van der Waals surface area contributed by atoms with Gasteiger partial charge in [-0.3, -0.25) is 9.69 Å². The van der Waals surface area contributed by atoms with E-state index in [0.717, 1.165) is 23.4 Å². The first-order valence-corrected chi connectivity index (χ1v) is 9.43. The Balaban J connectivity index is 1.89. The topological polar surface area (TPSA) is 41.6 Å². The van der Waals surface area contributed by atoms with Gasteiger partial charge >= 0.3 is 0 Å². The Kier molecular flexibility index (Phi) is 8.08. The van der Waals surface area contributed by atoms with Gasteiger partial charge in [-0.25, -0.2) is 0 Å². The van der Waals surface area contributed by atoms with Gasteiger partial charge in [0.05, 0.1) is 6.54 Å². The number of amides is 1. The number of hydrogen-bond donors (Lipinski definition) is 1. The molecular weight excluding hydrogens is 336 g/mol. The average molecular weight is 367 g/mol. The van der Waals surface area contributed by atoms with E-state index in [-0.39, 0.29) is 5.91 Å². The third-order valence-corrected chi connectivity index (χ3v) is 4.54. The lowest BCUT2D eigenvalue weighted by Gasteiger charge is -2.19. The Bertz CT molecular complexity index is 740. The zero-order valence-electron chi connectivity index (χ0n) is 16.6. The summed E-state index contributed by atoms with van der Waals surface area (Å²) in [4.78, 5) is 14.5. The van der Waals surface area contributed by atoms with Crippen LogP contribution in [0.2, 0.25) is 0 Å². The van der Waals surface area contributed by atoms with Crippen LogP contribution in [0.5, 0.6) is 5.75 Å². The minimum atomic E-state index is -0.000750. The van der Waals surface area contributed by atoms with Crippen molar-refractivity contribution in [1.29, 1.82) is 0 Å². The molecule has 0 saturated heterocycles. The minimum absolute atomic E-state index is 0.000750. The van der Waals surface area contributed by atoms with Gasteiger partial charge in [-0.2, -0.15) is 0 Å². The van der Waals surface area contributed by atoms with Crippen LogP contribution in [-0.4, -0.2) is 31.0 Å². The van der Waals surface area contributed by atoms with E-state index < -0.39 is 0 Å². The van der Waals surface area contributed by atoms with E-state index in [9.17, 15) is 4.79 Å². The van der Waals surface area contributed by atoms with Crippen molar-refractivity contribution in [1.82, 2.24) is 4.90 Å². The molecule has 27 heavy (non-hydrogen) atoms. The molecule has 0 saturated carbocycles. The molecule has 0 unspecified atom stereocenters. The summed E-state index contributed by atoms with van der Waals surface area (Å²) in [6.45, 7) is 9.51. The van der Waals surface area contributed by atoms with E-state index in [2.05, 4.69) is 31.8 Å². The molecule has 0 fully saturated rings. The fourth-order valence-corrected chi connectivity index (χ4v) is 2.91. The largest absolute Gasteiger partial charge is 0.490 e. The van der Waals surface area contributed by atoms with Crippen molar-refractivity contribution >= 4 is 11.6 Å². The Morgan fingerprint density at radius 3 is 2.59 bits per heavy atom. The predicted molar refractivity (Wildman–Crippen MR) is 112 cm³/mol. The maximum Gasteiger partial charge on any atom is 0.238 e. The smallest absolute Gasteiger partial charge is 0.238 e. The molecule has 0 spiro atoms. The second kappa shape index (κ2) is 10.5. The molecule has 0 aliphatic heterocycles. The number of rotatable bonds is 10. The zero-order valence-corrected chi connectivity index (χ0v) is 16.6. The number of likely N-dealkylation sites (N-methyl/N-ethyl adjacent to an activating group) is 1. The van der Waals surface area contributed by atoms with Gasteiger partial charge in [0.25, 0.3) is 0 Å². The second-order valence-corrected chi connectivity index (χ2v) is 6.86. The highest BCUT2D eigenvalue weighted by Gasteiger charge is 2.12. The molecule has 144 valence electrons. The summed E-state index contributed by atoms with van der Waals surface area (Å²) >= 11 is 0. The van der Waals surface area contributed by atoms with E-state index in [1.807, 2.05) is 54.4 Å². The van der Waals surface area contributed by atoms with Crippen molar-refractivity contribution in [2.24, 2.45) is 0 Å². The van der Waals surface area contributed by atoms with Crippen molar-refractivity contribution in [2.45, 2.75) is 32.7 Å². The van der Waals surface area contributed by atoms with Crippen LogP contribution in [0.3, 0.4) is 0 Å². The van der Waals surface area contributed by atoms with Crippen LogP contribution < -0.4 is 10.1 Å². The number of nitrogens with zero attached hydrogens (tertiary/aromatic N) is 1. The standard InChI is InChI=1S/C23H30N2O2/c1-5-15-27-20-13-11-19(12-14-20)16-25(4)17-23(26)24-22-10-8-7-9-21(22)18(3)6-2/h5,7-14,18H,1,6,15-17H2,2-4H3,(H,24,26)/t18-/m0/s1. The van der Waals surface area contributed by atoms with Crippen molar-refractivity contribution in [2.75, 3.05) is 25.5 Å². The van der Waals surface area contributed by atoms with E-state index in [1.165, 1.54) is 5.56 Å². The Morgan fingerprint density at radius 1 is 1.22 bits per heavy atom. The normalized spacial score (nSPS) is 11.9. The molecule has 4 heteroatoms. The lowest BCUT2D eigenvalue weighted by atomic mass is 9.97. The summed E-state index contributed by atoms with van der Waals surface area (Å²) in [5.74, 6) is 1.24. The molecule has 2 aromatic rings. The van der Waals surface area contributed by atoms with Crippen LogP contribution >= 0.6 is 0 Å². The van der Waals surface area contributed by atoms with Crippen LogP contribution in [0.1, 0.15) is 37.3 Å². The number of anilines is 1. The van der Waals surface area contributed by atoms with Crippen LogP contribution in [0.25, 0.3) is 0 Å². The van der Waals surface area contributed by atoms with E-state index in [1.54, 1.807) is 6.08 Å². The van der Waals surface area contributed by atoms with Gasteiger partial charge in [-0.05, 0) is 48.7 Å². The van der Waals surface area contributed by atoms with Crippen molar-refractivity contribution in [3.8, 4) is 5.75 Å². The molecular formula is C23H30N2O2. The Hall–Kier alpha value is -2.59. The predicted octanol–water partition coefficient (Wildman–Crippen LogP) is 4.84. The monoisotopic (exact) mass is 366 g/mol. The maximum absolute atomic E-state index is 12.5. The summed E-state index contributed by atoms with van der Waals surface area (Å²) in [5.41, 5.74) is 3.23. The van der Waals surface area contributed by atoms with Crippen molar-refractivity contribution < 1.29 is 9.53 Å². The molecule has 0 heterocycles. The first-order chi connectivity index (χ1) is 13.0. The van der Waals surface area contributed by atoms with Gasteiger partial charge in [-0.15, -0.1) is 0 Å². The highest BCUT2D eigenvalue weighted by molar-refractivity contribution is 5.93. The fourth-order valence-electron chi connectivity index (χ4n) is 2.91. The molecule has 1 atom stereocenters. The summed E-state index contributed by atoms with van der Waals surface area (Å²) < 4.78 is 5.49. The number of ether oxygens (including phenoxy) is 1. The molecule has 0 aliphatic rings. The quantitative estimate of drug-likeness (QED) is 0.612. The molecule has 2 aromatic carbocycles. The summed E-state index contributed by atoms with van der Waals surface area (Å²) in [7, 11) is 1.95. The first-order valence-electron chi connectivity index (χ1n) is 9.43. The molecule has 0 aliphatic carbocycles. The van der Waals surface area contributed by atoms with E-state index in [4.69, 9.17) is 4.74 Å². The Morgan fingerprint density at radius 2 is 1.93 bits per heavy atom. The van der Waals surface area contributed by atoms with Crippen molar-refractivity contribution in [3.05, 3.63) is 72.3 Å². The first kappa shape index (κ1) is 20.7. The van der Waals surface area contributed by atoms with Crippen LogP contribution in [0, 0.1) is 0 Å². The summed E-state index contributed by atoms with van der Waals surface area (Å²) in [6.07, 6.45) is 2.76. The third-order valence-electron chi connectivity index (χ3n) is 4.54. The summed E-state index contributed by atoms with van der Waals surface area (Å²) in [5, 5.41) is 3.06. The van der Waals surface area contributed by atoms with Gasteiger partial charge in [0.1, 0.15) is 12.4 Å². The SMILES string of the molecule is C=CCOc1ccc(CN(C)CC(=O)Nc2ccccc2[C@@H](C)CC)cc1. The highest BCUT2D eigenvalue weighted by atomic mass is 16.5. The molecule has 0 radical (unpaired) electrons. The molecule has 1 N–H and O–H groups in total. The number of benzene rings is 2. The van der Waals surface area contributed by atoms with Gasteiger partial charge in [0.15, 0.2) is 0 Å². The number of carbonyl (C=O) groups is 1. The number of hydrogen-bond acceptors (Lipinski definition) is 3. The van der Waals surface area contributed by atoms with Crippen molar-refractivity contribution in [3.63, 3.8) is 0 Å². The number of nitrogens with one attached hydrogen (secondary N) is 1. The van der Waals surface area contributed by atoms with Crippen LogP contribution in [-0.2, 0) is 11.3 Å². The van der Waals surface area contributed by atoms with E-state index in [0.29, 0.717) is 25.6 Å². The number of para-hydroxylation sites is 1. The Labute approximate surface area is 162 Å². The van der Waals surface area contributed by atoms with Gasteiger partial charge in [0, 0.05) is 12.2 Å². The van der Waals surface area contributed by atoms with E-state index >= 15 is 0 Å². The molecule has 0 aromatic heterocycles. The fraction of sp³-hybridized carbons (Fsp3) is 0.348. The van der Waals surface area contributed by atoms with Gasteiger partial charge in [-0.1, -0.05) is 56.8 Å². The van der Waals surface area contributed by atoms with Crippen LogP contribution in [0.15, 0.2) is 61.2 Å². The minimum Gasteiger partial charge on any atom is -0.490 e. The van der Waals surface area contributed by atoms with Crippen LogP contribution in [0.4, 0.5) is 5.69 Å². The highest BCUT2D eigenvalue weighted by Crippen LogP contribution is 2.26. The lowest BCUT2D eigenvalue weighted by Crippen LogP contribution is -2.30. The average Bonchev–Trinajstić information content (AvgIpc) is 2.67. The third kappa shape index (κ3) is 6.57. The van der Waals surface area contributed by atoms with Gasteiger partial charge in [0.2, 0.25) is 5.91 Å². The zero-order chi connectivity index (χ0) is 19.6.